The van der Waals surface area contributed by atoms with Gasteiger partial charge < -0.3 is 10.1 Å². The number of likely N-dealkylation sites (N-methyl/N-ethyl adjacent to an activating group) is 1. The molecule has 2 aliphatic rings. The SMILES string of the molecule is CCNC1CCCN(C(C)C2CCCO2)C1. The first-order valence-corrected chi connectivity index (χ1v) is 6.90. The molecule has 0 aromatic carbocycles. The van der Waals surface area contributed by atoms with Crippen LogP contribution in [-0.2, 0) is 4.74 Å². The van der Waals surface area contributed by atoms with Crippen molar-refractivity contribution in [2.24, 2.45) is 0 Å². The molecule has 94 valence electrons. The van der Waals surface area contributed by atoms with Crippen molar-refractivity contribution in [2.75, 3.05) is 26.2 Å². The minimum atomic E-state index is 0.486. The van der Waals surface area contributed by atoms with Gasteiger partial charge in [0.05, 0.1) is 6.10 Å². The molecule has 0 aliphatic carbocycles. The Morgan fingerprint density at radius 3 is 2.94 bits per heavy atom. The molecule has 0 radical (unpaired) electrons. The van der Waals surface area contributed by atoms with Gasteiger partial charge in [0, 0.05) is 25.2 Å². The van der Waals surface area contributed by atoms with Crippen molar-refractivity contribution < 1.29 is 4.74 Å². The molecule has 3 atom stereocenters. The topological polar surface area (TPSA) is 24.5 Å². The second-order valence-electron chi connectivity index (χ2n) is 5.18. The highest BCUT2D eigenvalue weighted by Crippen LogP contribution is 2.22. The number of likely N-dealkylation sites (tertiary alicyclic amines) is 1. The second kappa shape index (κ2) is 5.99. The van der Waals surface area contributed by atoms with Crippen molar-refractivity contribution in [3.8, 4) is 0 Å². The van der Waals surface area contributed by atoms with E-state index >= 15 is 0 Å². The Labute approximate surface area is 99.5 Å². The van der Waals surface area contributed by atoms with Crippen LogP contribution in [0.1, 0.15) is 39.5 Å². The highest BCUT2D eigenvalue weighted by molar-refractivity contribution is 4.85. The molecule has 3 unspecified atom stereocenters. The third kappa shape index (κ3) is 2.96. The van der Waals surface area contributed by atoms with Gasteiger partial charge in [-0.25, -0.2) is 0 Å². The third-order valence-electron chi connectivity index (χ3n) is 4.02. The smallest absolute Gasteiger partial charge is 0.0728 e. The third-order valence-corrected chi connectivity index (χ3v) is 4.02. The highest BCUT2D eigenvalue weighted by atomic mass is 16.5. The van der Waals surface area contributed by atoms with Crippen LogP contribution in [-0.4, -0.2) is 49.3 Å². The van der Waals surface area contributed by atoms with Crippen LogP contribution in [0.5, 0.6) is 0 Å². The van der Waals surface area contributed by atoms with Gasteiger partial charge in [0.25, 0.3) is 0 Å². The van der Waals surface area contributed by atoms with Crippen molar-refractivity contribution in [1.29, 1.82) is 0 Å². The van der Waals surface area contributed by atoms with Gasteiger partial charge in [0.1, 0.15) is 0 Å². The maximum Gasteiger partial charge on any atom is 0.0728 e. The predicted octanol–water partition coefficient (Wildman–Crippen LogP) is 1.63. The molecule has 0 amide bonds. The van der Waals surface area contributed by atoms with Crippen LogP contribution in [0.15, 0.2) is 0 Å². The van der Waals surface area contributed by atoms with Gasteiger partial charge in [-0.05, 0) is 45.7 Å². The van der Waals surface area contributed by atoms with E-state index in [2.05, 4.69) is 24.1 Å². The van der Waals surface area contributed by atoms with Crippen LogP contribution in [0.25, 0.3) is 0 Å². The van der Waals surface area contributed by atoms with Gasteiger partial charge in [0.15, 0.2) is 0 Å². The number of hydrogen-bond acceptors (Lipinski definition) is 3. The lowest BCUT2D eigenvalue weighted by molar-refractivity contribution is 0.0184. The normalized spacial score (nSPS) is 34.1. The molecule has 2 saturated heterocycles. The fourth-order valence-corrected chi connectivity index (χ4v) is 3.05. The Morgan fingerprint density at radius 1 is 1.38 bits per heavy atom. The molecule has 2 fully saturated rings. The summed E-state index contributed by atoms with van der Waals surface area (Å²) in [5, 5.41) is 3.58. The van der Waals surface area contributed by atoms with Gasteiger partial charge >= 0.3 is 0 Å². The zero-order valence-electron chi connectivity index (χ0n) is 10.7. The average molecular weight is 226 g/mol. The first-order valence-electron chi connectivity index (χ1n) is 6.90. The van der Waals surface area contributed by atoms with Crippen molar-refractivity contribution in [3.05, 3.63) is 0 Å². The summed E-state index contributed by atoms with van der Waals surface area (Å²) in [6.45, 7) is 9.05. The summed E-state index contributed by atoms with van der Waals surface area (Å²) in [6.07, 6.45) is 5.65. The highest BCUT2D eigenvalue weighted by Gasteiger charge is 2.30. The van der Waals surface area contributed by atoms with Crippen molar-refractivity contribution in [1.82, 2.24) is 10.2 Å². The maximum atomic E-state index is 5.80. The quantitative estimate of drug-likeness (QED) is 0.788. The first-order chi connectivity index (χ1) is 7.81. The maximum absolute atomic E-state index is 5.80. The second-order valence-corrected chi connectivity index (χ2v) is 5.18. The lowest BCUT2D eigenvalue weighted by atomic mass is 10.0. The van der Waals surface area contributed by atoms with Crippen LogP contribution in [0, 0.1) is 0 Å². The molecule has 0 bridgehead atoms. The predicted molar refractivity (Wildman–Crippen MR) is 66.7 cm³/mol. The molecule has 1 N–H and O–H groups in total. The monoisotopic (exact) mass is 226 g/mol. The number of nitrogens with one attached hydrogen (secondary N) is 1. The largest absolute Gasteiger partial charge is 0.377 e. The average Bonchev–Trinajstić information content (AvgIpc) is 2.82. The number of nitrogens with zero attached hydrogens (tertiary/aromatic N) is 1. The summed E-state index contributed by atoms with van der Waals surface area (Å²) in [5.41, 5.74) is 0. The minimum absolute atomic E-state index is 0.486. The number of hydrogen-bond donors (Lipinski definition) is 1. The van der Waals surface area contributed by atoms with E-state index in [0.29, 0.717) is 18.2 Å². The lowest BCUT2D eigenvalue weighted by Crippen LogP contribution is -2.51. The Morgan fingerprint density at radius 2 is 2.25 bits per heavy atom. The van der Waals surface area contributed by atoms with Crippen molar-refractivity contribution in [2.45, 2.75) is 57.7 Å². The fourth-order valence-electron chi connectivity index (χ4n) is 3.05. The first kappa shape index (κ1) is 12.3. The summed E-state index contributed by atoms with van der Waals surface area (Å²) in [5.74, 6) is 0. The Balaban J connectivity index is 1.82. The van der Waals surface area contributed by atoms with Crippen LogP contribution in [0.2, 0.25) is 0 Å². The molecule has 2 aliphatic heterocycles. The molecule has 3 nitrogen and oxygen atoms in total. The molecule has 0 spiro atoms. The van der Waals surface area contributed by atoms with Crippen LogP contribution >= 0.6 is 0 Å². The van der Waals surface area contributed by atoms with Crippen molar-refractivity contribution in [3.63, 3.8) is 0 Å². The van der Waals surface area contributed by atoms with Gasteiger partial charge in [0.2, 0.25) is 0 Å². The van der Waals surface area contributed by atoms with Crippen molar-refractivity contribution >= 4 is 0 Å². The number of rotatable bonds is 4. The van der Waals surface area contributed by atoms with Gasteiger partial charge in [-0.15, -0.1) is 0 Å². The summed E-state index contributed by atoms with van der Waals surface area (Å²) in [4.78, 5) is 2.62. The van der Waals surface area contributed by atoms with E-state index in [1.54, 1.807) is 0 Å². The Hall–Kier alpha value is -0.120. The van der Waals surface area contributed by atoms with E-state index in [4.69, 9.17) is 4.74 Å². The van der Waals surface area contributed by atoms with Gasteiger partial charge in [-0.1, -0.05) is 6.92 Å². The zero-order valence-corrected chi connectivity index (χ0v) is 10.7. The fraction of sp³-hybridized carbons (Fsp3) is 1.00. The summed E-state index contributed by atoms with van der Waals surface area (Å²) in [6, 6.07) is 1.30. The number of ether oxygens (including phenoxy) is 1. The molecule has 0 saturated carbocycles. The van der Waals surface area contributed by atoms with E-state index < -0.39 is 0 Å². The lowest BCUT2D eigenvalue weighted by Gasteiger charge is -2.39. The van der Waals surface area contributed by atoms with E-state index in [-0.39, 0.29) is 0 Å². The van der Waals surface area contributed by atoms with E-state index in [1.807, 2.05) is 0 Å². The van der Waals surface area contributed by atoms with Crippen LogP contribution in [0.4, 0.5) is 0 Å². The molecule has 3 heteroatoms. The number of piperidine rings is 1. The van der Waals surface area contributed by atoms with Crippen LogP contribution in [0.3, 0.4) is 0 Å². The van der Waals surface area contributed by atoms with Gasteiger partial charge in [-0.2, -0.15) is 0 Å². The van der Waals surface area contributed by atoms with Gasteiger partial charge in [-0.3, -0.25) is 4.90 Å². The summed E-state index contributed by atoms with van der Waals surface area (Å²) in [7, 11) is 0. The molecule has 2 heterocycles. The zero-order chi connectivity index (χ0) is 11.4. The van der Waals surface area contributed by atoms with E-state index in [9.17, 15) is 0 Å². The molecule has 0 aromatic heterocycles. The van der Waals surface area contributed by atoms with E-state index in [1.165, 1.54) is 38.8 Å². The Kier molecular flexibility index (Phi) is 4.62. The molecular formula is C13H26N2O. The summed E-state index contributed by atoms with van der Waals surface area (Å²) >= 11 is 0. The molecule has 16 heavy (non-hydrogen) atoms. The molecular weight excluding hydrogens is 200 g/mol. The van der Waals surface area contributed by atoms with E-state index in [0.717, 1.165) is 13.2 Å². The standard InChI is InChI=1S/C13H26N2O/c1-3-14-12-6-4-8-15(10-12)11(2)13-7-5-9-16-13/h11-14H,3-10H2,1-2H3. The summed E-state index contributed by atoms with van der Waals surface area (Å²) < 4.78 is 5.80. The Bertz CT molecular complexity index is 202. The molecule has 0 aromatic rings. The molecule has 2 rings (SSSR count). The van der Waals surface area contributed by atoms with Crippen LogP contribution < -0.4 is 5.32 Å². The minimum Gasteiger partial charge on any atom is -0.377 e.